The van der Waals surface area contributed by atoms with Gasteiger partial charge in [0.2, 0.25) is 0 Å². The Balaban J connectivity index is 2.05. The van der Waals surface area contributed by atoms with E-state index in [9.17, 15) is 4.79 Å². The van der Waals surface area contributed by atoms with E-state index in [1.54, 1.807) is 18.2 Å². The normalized spacial score (nSPS) is 11.3. The predicted molar refractivity (Wildman–Crippen MR) is 97.4 cm³/mol. The molecule has 2 rings (SSSR count). The molecule has 8 nitrogen and oxygen atoms in total. The van der Waals surface area contributed by atoms with Crippen molar-refractivity contribution in [1.82, 2.24) is 9.97 Å². The minimum atomic E-state index is -0.548. The van der Waals surface area contributed by atoms with Crippen molar-refractivity contribution >= 4 is 29.1 Å². The molecular formula is C17H18ClN5O3. The second-order valence-electron chi connectivity index (χ2n) is 5.21. The number of nitrogens with one attached hydrogen (secondary N) is 2. The molecule has 1 atom stereocenters. The molecule has 9 heteroatoms. The number of benzene rings is 1. The summed E-state index contributed by atoms with van der Waals surface area (Å²) in [4.78, 5) is 19.9. The van der Waals surface area contributed by atoms with Crippen LogP contribution in [0.5, 0.6) is 5.75 Å². The summed E-state index contributed by atoms with van der Waals surface area (Å²) in [6, 6.07) is 6.22. The van der Waals surface area contributed by atoms with E-state index in [0.29, 0.717) is 29.7 Å². The first-order valence-corrected chi connectivity index (χ1v) is 8.23. The van der Waals surface area contributed by atoms with Crippen LogP contribution in [0.1, 0.15) is 19.5 Å². The number of aromatic nitrogens is 2. The third-order valence-corrected chi connectivity index (χ3v) is 3.32. The van der Waals surface area contributed by atoms with Gasteiger partial charge < -0.3 is 14.8 Å². The average molecular weight is 376 g/mol. The van der Waals surface area contributed by atoms with Crippen LogP contribution in [0.3, 0.4) is 0 Å². The number of urea groups is 1. The van der Waals surface area contributed by atoms with E-state index in [1.165, 1.54) is 12.4 Å². The Bertz CT molecular complexity index is 792. The van der Waals surface area contributed by atoms with Gasteiger partial charge in [-0.3, -0.25) is 5.32 Å². The molecule has 2 N–H and O–H groups in total. The fraction of sp³-hybridized carbons (Fsp3) is 0.294. The van der Waals surface area contributed by atoms with Crippen LogP contribution >= 0.6 is 11.6 Å². The first-order valence-electron chi connectivity index (χ1n) is 7.86. The zero-order chi connectivity index (χ0) is 18.9. The number of hydrogen-bond donors (Lipinski definition) is 2. The summed E-state index contributed by atoms with van der Waals surface area (Å²) in [5.41, 5.74) is 0.560. The SMILES string of the molecule is CCOCC(C)Oc1ccc(Cl)cc1NC(=O)Nc1cnc(C#N)cn1. The fourth-order valence-electron chi connectivity index (χ4n) is 1.96. The molecule has 0 radical (unpaired) electrons. The molecule has 136 valence electrons. The van der Waals surface area contributed by atoms with Crippen molar-refractivity contribution in [3.05, 3.63) is 41.3 Å². The Kier molecular flexibility index (Phi) is 7.14. The molecule has 0 aliphatic carbocycles. The van der Waals surface area contributed by atoms with Crippen molar-refractivity contribution < 1.29 is 14.3 Å². The number of nitrogens with zero attached hydrogens (tertiary/aromatic N) is 3. The Morgan fingerprint density at radius 1 is 1.35 bits per heavy atom. The predicted octanol–water partition coefficient (Wildman–Crippen LogP) is 3.45. The van der Waals surface area contributed by atoms with Gasteiger partial charge in [-0.25, -0.2) is 14.8 Å². The Labute approximate surface area is 156 Å². The van der Waals surface area contributed by atoms with E-state index >= 15 is 0 Å². The van der Waals surface area contributed by atoms with Crippen LogP contribution in [0.15, 0.2) is 30.6 Å². The monoisotopic (exact) mass is 375 g/mol. The summed E-state index contributed by atoms with van der Waals surface area (Å²) >= 11 is 6.01. The highest BCUT2D eigenvalue weighted by Crippen LogP contribution is 2.29. The highest BCUT2D eigenvalue weighted by atomic mass is 35.5. The van der Waals surface area contributed by atoms with Gasteiger partial charge in [-0.05, 0) is 32.0 Å². The van der Waals surface area contributed by atoms with Crippen LogP contribution in [0.4, 0.5) is 16.3 Å². The fourth-order valence-corrected chi connectivity index (χ4v) is 2.13. The lowest BCUT2D eigenvalue weighted by Crippen LogP contribution is -2.23. The molecule has 0 fully saturated rings. The highest BCUT2D eigenvalue weighted by molar-refractivity contribution is 6.31. The molecule has 1 aromatic heterocycles. The average Bonchev–Trinajstić information content (AvgIpc) is 2.63. The summed E-state index contributed by atoms with van der Waals surface area (Å²) in [5, 5.41) is 14.3. The summed E-state index contributed by atoms with van der Waals surface area (Å²) in [6.45, 7) is 4.78. The minimum absolute atomic E-state index is 0.157. The van der Waals surface area contributed by atoms with Crippen molar-refractivity contribution in [3.63, 3.8) is 0 Å². The maximum atomic E-state index is 12.2. The molecule has 0 saturated heterocycles. The van der Waals surface area contributed by atoms with Crippen LogP contribution in [-0.4, -0.2) is 35.3 Å². The standard InChI is InChI=1S/C17H18ClN5O3/c1-3-25-10-11(2)26-15-5-4-12(18)6-14(15)22-17(24)23-16-9-20-13(7-19)8-21-16/h4-6,8-9,11H,3,10H2,1-2H3,(H2,21,22,23,24). The van der Waals surface area contributed by atoms with Crippen LogP contribution in [-0.2, 0) is 4.74 Å². The van der Waals surface area contributed by atoms with Gasteiger partial charge in [0, 0.05) is 11.6 Å². The van der Waals surface area contributed by atoms with E-state index in [2.05, 4.69) is 20.6 Å². The number of carbonyl (C=O) groups excluding carboxylic acids is 1. The van der Waals surface area contributed by atoms with Gasteiger partial charge in [-0.2, -0.15) is 5.26 Å². The second-order valence-corrected chi connectivity index (χ2v) is 5.64. The third kappa shape index (κ3) is 5.88. The zero-order valence-corrected chi connectivity index (χ0v) is 15.1. The number of carbonyl (C=O) groups is 1. The highest BCUT2D eigenvalue weighted by Gasteiger charge is 2.13. The molecule has 1 aromatic carbocycles. The largest absolute Gasteiger partial charge is 0.486 e. The van der Waals surface area contributed by atoms with E-state index in [4.69, 9.17) is 26.3 Å². The van der Waals surface area contributed by atoms with Crippen molar-refractivity contribution in [2.24, 2.45) is 0 Å². The lowest BCUT2D eigenvalue weighted by Gasteiger charge is -2.18. The Hall–Kier alpha value is -2.89. The van der Waals surface area contributed by atoms with E-state index in [1.807, 2.05) is 19.9 Å². The summed E-state index contributed by atoms with van der Waals surface area (Å²) in [5.74, 6) is 0.665. The number of anilines is 2. The Morgan fingerprint density at radius 3 is 2.81 bits per heavy atom. The first kappa shape index (κ1) is 19.4. The molecule has 1 heterocycles. The molecule has 0 aliphatic rings. The van der Waals surface area contributed by atoms with Crippen molar-refractivity contribution in [3.8, 4) is 11.8 Å². The summed E-state index contributed by atoms with van der Waals surface area (Å²) in [6.07, 6.45) is 2.35. The molecular weight excluding hydrogens is 358 g/mol. The number of ether oxygens (including phenoxy) is 2. The molecule has 1 unspecified atom stereocenters. The van der Waals surface area contributed by atoms with E-state index < -0.39 is 6.03 Å². The number of amides is 2. The van der Waals surface area contributed by atoms with Crippen molar-refractivity contribution in [2.75, 3.05) is 23.8 Å². The number of rotatable bonds is 7. The van der Waals surface area contributed by atoms with Gasteiger partial charge in [0.1, 0.15) is 17.9 Å². The molecule has 26 heavy (non-hydrogen) atoms. The van der Waals surface area contributed by atoms with E-state index in [0.717, 1.165) is 0 Å². The zero-order valence-electron chi connectivity index (χ0n) is 14.3. The maximum absolute atomic E-state index is 12.2. The van der Waals surface area contributed by atoms with Crippen LogP contribution in [0.25, 0.3) is 0 Å². The second kappa shape index (κ2) is 9.56. The molecule has 0 bridgehead atoms. The number of hydrogen-bond acceptors (Lipinski definition) is 6. The van der Waals surface area contributed by atoms with Crippen LogP contribution < -0.4 is 15.4 Å². The first-order chi connectivity index (χ1) is 12.5. The molecule has 2 amide bonds. The summed E-state index contributed by atoms with van der Waals surface area (Å²) in [7, 11) is 0. The maximum Gasteiger partial charge on any atom is 0.325 e. The van der Waals surface area contributed by atoms with Crippen LogP contribution in [0.2, 0.25) is 5.02 Å². The third-order valence-electron chi connectivity index (χ3n) is 3.08. The quantitative estimate of drug-likeness (QED) is 0.767. The lowest BCUT2D eigenvalue weighted by molar-refractivity contribution is 0.0661. The number of halogens is 1. The van der Waals surface area contributed by atoms with Gasteiger partial charge in [0.15, 0.2) is 11.5 Å². The van der Waals surface area contributed by atoms with Gasteiger partial charge in [-0.1, -0.05) is 11.6 Å². The summed E-state index contributed by atoms with van der Waals surface area (Å²) < 4.78 is 11.1. The van der Waals surface area contributed by atoms with E-state index in [-0.39, 0.29) is 17.6 Å². The van der Waals surface area contributed by atoms with Crippen molar-refractivity contribution in [1.29, 1.82) is 5.26 Å². The van der Waals surface area contributed by atoms with Gasteiger partial charge in [0.05, 0.1) is 24.7 Å². The smallest absolute Gasteiger partial charge is 0.325 e. The Morgan fingerprint density at radius 2 is 2.15 bits per heavy atom. The molecule has 0 aliphatic heterocycles. The van der Waals surface area contributed by atoms with Gasteiger partial charge >= 0.3 is 6.03 Å². The van der Waals surface area contributed by atoms with Crippen LogP contribution in [0, 0.1) is 11.3 Å². The minimum Gasteiger partial charge on any atom is -0.486 e. The number of nitriles is 1. The molecule has 0 saturated carbocycles. The lowest BCUT2D eigenvalue weighted by atomic mass is 10.3. The molecule has 2 aromatic rings. The van der Waals surface area contributed by atoms with Crippen molar-refractivity contribution in [2.45, 2.75) is 20.0 Å². The van der Waals surface area contributed by atoms with Gasteiger partial charge in [-0.15, -0.1) is 0 Å². The van der Waals surface area contributed by atoms with Gasteiger partial charge in [0.25, 0.3) is 0 Å². The topological polar surface area (TPSA) is 109 Å². The molecule has 0 spiro atoms.